The molecule has 9 nitrogen and oxygen atoms in total. The molecule has 0 aliphatic carbocycles. The van der Waals surface area contributed by atoms with E-state index in [0.717, 1.165) is 17.6 Å². The summed E-state index contributed by atoms with van der Waals surface area (Å²) in [6.45, 7) is 6.98. The summed E-state index contributed by atoms with van der Waals surface area (Å²) >= 11 is 0.754. The number of carbonyl (C=O) groups excluding carboxylic acids is 1. The molecule has 0 fully saturated rings. The molecular weight excluding hydrogens is 436 g/mol. The summed E-state index contributed by atoms with van der Waals surface area (Å²) in [4.78, 5) is 12.2. The van der Waals surface area contributed by atoms with Gasteiger partial charge < -0.3 is 5.32 Å². The lowest BCUT2D eigenvalue weighted by molar-refractivity contribution is -0.123. The fourth-order valence-corrected chi connectivity index (χ4v) is 5.07. The number of rotatable bonds is 7. The molecule has 0 bridgehead atoms. The van der Waals surface area contributed by atoms with E-state index in [4.69, 9.17) is 0 Å². The molecule has 0 saturated heterocycles. The Hall–Kier alpha value is -1.89. The van der Waals surface area contributed by atoms with Crippen molar-refractivity contribution in [3.05, 3.63) is 29.8 Å². The maximum atomic E-state index is 12.7. The number of amides is 1. The van der Waals surface area contributed by atoms with Gasteiger partial charge in [-0.15, -0.1) is 10.2 Å². The number of nitrogens with zero attached hydrogens (tertiary/aromatic N) is 2. The van der Waals surface area contributed by atoms with Gasteiger partial charge in [0.25, 0.3) is 10.0 Å². The first-order chi connectivity index (χ1) is 13.2. The standard InChI is InChI=1S/C17H24N4O5S3/c1-6-13(11-7-9-12(10-8-11)28(5,23)24)21-29(25,26)16-20-19-15(27-16)18-14(22)17(2,3)4/h7-10,13,21H,6H2,1-5H3,(H,18,19,22). The Labute approximate surface area is 174 Å². The Morgan fingerprint density at radius 2 is 1.69 bits per heavy atom. The molecule has 29 heavy (non-hydrogen) atoms. The van der Waals surface area contributed by atoms with Gasteiger partial charge in [0.15, 0.2) is 9.84 Å². The first-order valence-corrected chi connectivity index (χ1v) is 12.9. The van der Waals surface area contributed by atoms with Crippen LogP contribution in [0.25, 0.3) is 0 Å². The summed E-state index contributed by atoms with van der Waals surface area (Å²) in [7, 11) is -7.32. The van der Waals surface area contributed by atoms with Crippen LogP contribution in [0.5, 0.6) is 0 Å². The first kappa shape index (κ1) is 23.4. The molecule has 1 aromatic heterocycles. The van der Waals surface area contributed by atoms with Crippen LogP contribution < -0.4 is 10.0 Å². The fourth-order valence-electron chi connectivity index (χ4n) is 2.23. The predicted octanol–water partition coefficient (Wildman–Crippen LogP) is 2.36. The van der Waals surface area contributed by atoms with Gasteiger partial charge in [-0.2, -0.15) is 0 Å². The van der Waals surface area contributed by atoms with E-state index in [2.05, 4.69) is 20.2 Å². The molecule has 12 heteroatoms. The van der Waals surface area contributed by atoms with Gasteiger partial charge in [0, 0.05) is 17.7 Å². The molecule has 1 heterocycles. The highest BCUT2D eigenvalue weighted by molar-refractivity contribution is 7.91. The zero-order chi connectivity index (χ0) is 22.0. The van der Waals surface area contributed by atoms with Crippen molar-refractivity contribution in [2.24, 2.45) is 5.41 Å². The minimum atomic E-state index is -3.98. The lowest BCUT2D eigenvalue weighted by Crippen LogP contribution is -2.28. The third-order valence-corrected chi connectivity index (χ3v) is 7.76. The highest BCUT2D eigenvalue weighted by Gasteiger charge is 2.27. The van der Waals surface area contributed by atoms with Gasteiger partial charge in [0.05, 0.1) is 4.90 Å². The van der Waals surface area contributed by atoms with Gasteiger partial charge in [-0.3, -0.25) is 4.79 Å². The second-order valence-electron chi connectivity index (χ2n) is 7.50. The summed E-state index contributed by atoms with van der Waals surface area (Å²) < 4.78 is 50.8. The zero-order valence-electron chi connectivity index (χ0n) is 16.8. The number of hydrogen-bond acceptors (Lipinski definition) is 8. The SMILES string of the molecule is CCC(NS(=O)(=O)c1nnc(NC(=O)C(C)(C)C)s1)c1ccc(S(C)(=O)=O)cc1. The number of aromatic nitrogens is 2. The number of sulfonamides is 1. The van der Waals surface area contributed by atoms with E-state index in [1.54, 1.807) is 39.8 Å². The first-order valence-electron chi connectivity index (χ1n) is 8.71. The van der Waals surface area contributed by atoms with Crippen LogP contribution >= 0.6 is 11.3 Å². The maximum Gasteiger partial charge on any atom is 0.270 e. The zero-order valence-corrected chi connectivity index (χ0v) is 19.2. The number of hydrogen-bond donors (Lipinski definition) is 2. The smallest absolute Gasteiger partial charge is 0.270 e. The maximum absolute atomic E-state index is 12.7. The molecule has 0 aliphatic rings. The molecule has 0 radical (unpaired) electrons. The third kappa shape index (κ3) is 6.04. The molecule has 1 unspecified atom stereocenters. The van der Waals surface area contributed by atoms with Crippen LogP contribution in [0.2, 0.25) is 0 Å². The van der Waals surface area contributed by atoms with E-state index in [-0.39, 0.29) is 20.3 Å². The van der Waals surface area contributed by atoms with E-state index in [9.17, 15) is 21.6 Å². The van der Waals surface area contributed by atoms with Crippen LogP contribution in [0.15, 0.2) is 33.5 Å². The van der Waals surface area contributed by atoms with Crippen molar-refractivity contribution < 1.29 is 21.6 Å². The van der Waals surface area contributed by atoms with E-state index in [1.807, 2.05) is 0 Å². The third-order valence-electron chi connectivity index (χ3n) is 3.95. The van der Waals surface area contributed by atoms with E-state index >= 15 is 0 Å². The van der Waals surface area contributed by atoms with Crippen molar-refractivity contribution in [2.45, 2.75) is 49.4 Å². The predicted molar refractivity (Wildman–Crippen MR) is 111 cm³/mol. The fraction of sp³-hybridized carbons (Fsp3) is 0.471. The van der Waals surface area contributed by atoms with Gasteiger partial charge in [-0.05, 0) is 24.1 Å². The van der Waals surface area contributed by atoms with Crippen molar-refractivity contribution in [1.82, 2.24) is 14.9 Å². The van der Waals surface area contributed by atoms with Crippen LogP contribution in [-0.4, -0.2) is 39.2 Å². The average Bonchev–Trinajstić information content (AvgIpc) is 3.08. The number of benzene rings is 1. The molecule has 2 rings (SSSR count). The van der Waals surface area contributed by atoms with Gasteiger partial charge >= 0.3 is 0 Å². The Morgan fingerprint density at radius 3 is 2.17 bits per heavy atom. The second kappa shape index (κ2) is 8.46. The monoisotopic (exact) mass is 460 g/mol. The highest BCUT2D eigenvalue weighted by Crippen LogP contribution is 2.26. The molecule has 2 N–H and O–H groups in total. The average molecular weight is 461 g/mol. The van der Waals surface area contributed by atoms with Crippen molar-refractivity contribution in [1.29, 1.82) is 0 Å². The summed E-state index contributed by atoms with van der Waals surface area (Å²) in [5, 5.41) is 10.0. The summed E-state index contributed by atoms with van der Waals surface area (Å²) in [6.07, 6.45) is 1.54. The van der Waals surface area contributed by atoms with Crippen LogP contribution in [0.4, 0.5) is 5.13 Å². The van der Waals surface area contributed by atoms with Crippen LogP contribution in [0, 0.1) is 5.41 Å². The molecule has 1 atom stereocenters. The molecule has 2 aromatic rings. The van der Waals surface area contributed by atoms with Crippen molar-refractivity contribution in [3.8, 4) is 0 Å². The lowest BCUT2D eigenvalue weighted by atomic mass is 9.96. The van der Waals surface area contributed by atoms with E-state index in [0.29, 0.717) is 12.0 Å². The summed E-state index contributed by atoms with van der Waals surface area (Å²) in [5.41, 5.74) is -0.0387. The Kier molecular flexibility index (Phi) is 6.82. The van der Waals surface area contributed by atoms with Crippen LogP contribution in [-0.2, 0) is 24.7 Å². The van der Waals surface area contributed by atoms with Gasteiger partial charge in [0.1, 0.15) is 0 Å². The second-order valence-corrected chi connectivity index (χ2v) is 12.4. The Morgan fingerprint density at radius 1 is 1.10 bits per heavy atom. The Balaban J connectivity index is 2.20. The minimum absolute atomic E-state index is 0.0934. The van der Waals surface area contributed by atoms with Crippen molar-refractivity contribution in [2.75, 3.05) is 11.6 Å². The quantitative estimate of drug-likeness (QED) is 0.605. The van der Waals surface area contributed by atoms with Gasteiger partial charge in [-0.25, -0.2) is 21.6 Å². The highest BCUT2D eigenvalue weighted by atomic mass is 32.2. The lowest BCUT2D eigenvalue weighted by Gasteiger charge is -2.17. The molecule has 1 aromatic carbocycles. The number of sulfone groups is 1. The van der Waals surface area contributed by atoms with Crippen molar-refractivity contribution >= 4 is 42.2 Å². The van der Waals surface area contributed by atoms with Crippen LogP contribution in [0.1, 0.15) is 45.7 Å². The molecule has 0 spiro atoms. The number of nitrogens with one attached hydrogen (secondary N) is 2. The molecule has 0 aliphatic heterocycles. The molecule has 160 valence electrons. The summed E-state index contributed by atoms with van der Waals surface area (Å²) in [6, 6.07) is 5.44. The molecule has 1 amide bonds. The number of carbonyl (C=O) groups is 1. The van der Waals surface area contributed by atoms with E-state index in [1.165, 1.54) is 12.1 Å². The topological polar surface area (TPSA) is 135 Å². The van der Waals surface area contributed by atoms with Gasteiger partial charge in [0.2, 0.25) is 15.4 Å². The van der Waals surface area contributed by atoms with Crippen molar-refractivity contribution in [3.63, 3.8) is 0 Å². The Bertz CT molecular complexity index is 1080. The largest absolute Gasteiger partial charge is 0.300 e. The molecule has 0 saturated carbocycles. The normalized spacial score (nSPS) is 13.8. The van der Waals surface area contributed by atoms with Gasteiger partial charge in [-0.1, -0.05) is 51.2 Å². The summed E-state index contributed by atoms with van der Waals surface area (Å²) in [5.74, 6) is -0.303. The van der Waals surface area contributed by atoms with Crippen LogP contribution in [0.3, 0.4) is 0 Å². The van der Waals surface area contributed by atoms with E-state index < -0.39 is 31.3 Å². The number of anilines is 1. The minimum Gasteiger partial charge on any atom is -0.300 e. The molecular formula is C17H24N4O5S3.